The quantitative estimate of drug-likeness (QED) is 0.637. The molecule has 0 fully saturated rings. The Morgan fingerprint density at radius 3 is 1.11 bits per heavy atom. The summed E-state index contributed by atoms with van der Waals surface area (Å²) < 4.78 is 0. The summed E-state index contributed by atoms with van der Waals surface area (Å²) in [6.45, 7) is 0. The first-order valence-electron chi connectivity index (χ1n) is 4.98. The van der Waals surface area contributed by atoms with Gasteiger partial charge in [0.2, 0.25) is 11.6 Å². The molecular weight excluding hydrogens is 271 g/mol. The second-order valence-electron chi connectivity index (χ2n) is 3.39. The molecule has 0 amide bonds. The molecule has 0 unspecified atom stereocenters. The highest BCUT2D eigenvalue weighted by atomic mass is 35.5. The molecule has 0 atom stereocenters. The minimum absolute atomic E-state index is 0. The van der Waals surface area contributed by atoms with Gasteiger partial charge in [-0.15, -0.1) is 24.8 Å². The fourth-order valence-corrected chi connectivity index (χ4v) is 1.44. The average molecular weight is 283 g/mol. The molecule has 0 heterocycles. The Morgan fingerprint density at radius 2 is 0.833 bits per heavy atom. The zero-order valence-corrected chi connectivity index (χ0v) is 11.0. The molecule has 0 radical (unpaired) electrons. The molecule has 2 aromatic rings. The highest BCUT2D eigenvalue weighted by molar-refractivity contribution is 6.49. The molecular formula is C14H12Cl2O2. The second kappa shape index (κ2) is 7.64. The highest BCUT2D eigenvalue weighted by Crippen LogP contribution is 2.07. The molecule has 0 aliphatic rings. The molecule has 18 heavy (non-hydrogen) atoms. The van der Waals surface area contributed by atoms with Crippen LogP contribution in [0, 0.1) is 0 Å². The fourth-order valence-electron chi connectivity index (χ4n) is 1.44. The van der Waals surface area contributed by atoms with Crippen LogP contribution in [0.3, 0.4) is 0 Å². The zero-order chi connectivity index (χ0) is 11.4. The third-order valence-corrected chi connectivity index (χ3v) is 2.28. The van der Waals surface area contributed by atoms with Crippen molar-refractivity contribution >= 4 is 36.4 Å². The van der Waals surface area contributed by atoms with Gasteiger partial charge in [-0.25, -0.2) is 0 Å². The summed E-state index contributed by atoms with van der Waals surface area (Å²) in [6.07, 6.45) is 0. The summed E-state index contributed by atoms with van der Waals surface area (Å²) in [5.41, 5.74) is 0.854. The number of hydrogen-bond donors (Lipinski definition) is 0. The molecule has 0 aliphatic heterocycles. The molecule has 0 bridgehead atoms. The number of ketones is 2. The van der Waals surface area contributed by atoms with Crippen molar-refractivity contribution in [3.05, 3.63) is 71.8 Å². The van der Waals surface area contributed by atoms with Crippen LogP contribution in [-0.2, 0) is 0 Å². The summed E-state index contributed by atoms with van der Waals surface area (Å²) in [5, 5.41) is 0. The molecule has 2 aromatic carbocycles. The Hall–Kier alpha value is -1.64. The normalized spacial score (nSPS) is 8.67. The van der Waals surface area contributed by atoms with E-state index in [1.807, 2.05) is 12.1 Å². The lowest BCUT2D eigenvalue weighted by atomic mass is 10.0. The topological polar surface area (TPSA) is 34.1 Å². The second-order valence-corrected chi connectivity index (χ2v) is 3.39. The van der Waals surface area contributed by atoms with Gasteiger partial charge in [-0.3, -0.25) is 9.59 Å². The molecule has 0 saturated heterocycles. The molecule has 0 N–H and O–H groups in total. The van der Waals surface area contributed by atoms with Crippen molar-refractivity contribution in [3.8, 4) is 0 Å². The van der Waals surface area contributed by atoms with Gasteiger partial charge in [0.15, 0.2) is 0 Å². The van der Waals surface area contributed by atoms with Crippen molar-refractivity contribution in [2.45, 2.75) is 0 Å². The minimum Gasteiger partial charge on any atom is -0.285 e. The van der Waals surface area contributed by atoms with Gasteiger partial charge < -0.3 is 0 Å². The fraction of sp³-hybridized carbons (Fsp3) is 0. The smallest absolute Gasteiger partial charge is 0.233 e. The van der Waals surface area contributed by atoms with Crippen LogP contribution in [0.2, 0.25) is 0 Å². The van der Waals surface area contributed by atoms with Gasteiger partial charge in [0.05, 0.1) is 0 Å². The van der Waals surface area contributed by atoms with Crippen LogP contribution in [0.25, 0.3) is 0 Å². The number of hydrogen-bond acceptors (Lipinski definition) is 2. The van der Waals surface area contributed by atoms with Crippen LogP contribution in [-0.4, -0.2) is 11.6 Å². The Morgan fingerprint density at radius 1 is 0.556 bits per heavy atom. The van der Waals surface area contributed by atoms with Crippen molar-refractivity contribution in [2.24, 2.45) is 0 Å². The van der Waals surface area contributed by atoms with E-state index in [0.29, 0.717) is 11.1 Å². The van der Waals surface area contributed by atoms with Crippen molar-refractivity contribution in [1.29, 1.82) is 0 Å². The van der Waals surface area contributed by atoms with Crippen LogP contribution in [0.5, 0.6) is 0 Å². The number of carbonyl (C=O) groups excluding carboxylic acids is 2. The van der Waals surface area contributed by atoms with Gasteiger partial charge in [-0.2, -0.15) is 0 Å². The highest BCUT2D eigenvalue weighted by Gasteiger charge is 2.16. The van der Waals surface area contributed by atoms with Crippen LogP contribution in [0.4, 0.5) is 0 Å². The average Bonchev–Trinajstić information content (AvgIpc) is 2.39. The standard InChI is InChI=1S/C14H10O2.2ClH/c15-13(11-7-3-1-4-8-11)14(16)12-9-5-2-6-10-12;;/h1-10H;2*1H. The maximum Gasteiger partial charge on any atom is 0.233 e. The molecule has 2 rings (SSSR count). The number of halogens is 2. The lowest BCUT2D eigenvalue weighted by Crippen LogP contribution is -2.14. The van der Waals surface area contributed by atoms with E-state index in [1.54, 1.807) is 48.5 Å². The first-order chi connectivity index (χ1) is 7.79. The monoisotopic (exact) mass is 282 g/mol. The summed E-state index contributed by atoms with van der Waals surface area (Å²) >= 11 is 0. The van der Waals surface area contributed by atoms with E-state index in [9.17, 15) is 9.59 Å². The number of carbonyl (C=O) groups is 2. The van der Waals surface area contributed by atoms with Crippen molar-refractivity contribution < 1.29 is 9.59 Å². The van der Waals surface area contributed by atoms with Crippen molar-refractivity contribution in [2.75, 3.05) is 0 Å². The van der Waals surface area contributed by atoms with Crippen molar-refractivity contribution in [1.82, 2.24) is 0 Å². The summed E-state index contributed by atoms with van der Waals surface area (Å²) in [4.78, 5) is 23.6. The van der Waals surface area contributed by atoms with E-state index in [2.05, 4.69) is 0 Å². The Kier molecular flexibility index (Phi) is 6.94. The van der Waals surface area contributed by atoms with Gasteiger partial charge in [-0.05, 0) is 0 Å². The predicted octanol–water partition coefficient (Wildman–Crippen LogP) is 3.60. The van der Waals surface area contributed by atoms with Crippen LogP contribution in [0.15, 0.2) is 60.7 Å². The molecule has 94 valence electrons. The third kappa shape index (κ3) is 3.69. The van der Waals surface area contributed by atoms with E-state index in [0.717, 1.165) is 0 Å². The lowest BCUT2D eigenvalue weighted by molar-refractivity contribution is 0.0817. The number of benzene rings is 2. The Bertz CT molecular complexity index is 460. The van der Waals surface area contributed by atoms with Gasteiger partial charge >= 0.3 is 0 Å². The van der Waals surface area contributed by atoms with Gasteiger partial charge in [0, 0.05) is 11.1 Å². The molecule has 0 aliphatic carbocycles. The van der Waals surface area contributed by atoms with E-state index >= 15 is 0 Å². The van der Waals surface area contributed by atoms with Gasteiger partial charge in [0.25, 0.3) is 0 Å². The van der Waals surface area contributed by atoms with Crippen LogP contribution < -0.4 is 0 Å². The first-order valence-corrected chi connectivity index (χ1v) is 4.98. The zero-order valence-electron chi connectivity index (χ0n) is 9.41. The van der Waals surface area contributed by atoms with Crippen LogP contribution >= 0.6 is 24.8 Å². The molecule has 0 aromatic heterocycles. The van der Waals surface area contributed by atoms with Crippen molar-refractivity contribution in [3.63, 3.8) is 0 Å². The minimum atomic E-state index is -0.466. The lowest BCUT2D eigenvalue weighted by Gasteiger charge is -1.99. The third-order valence-electron chi connectivity index (χ3n) is 2.28. The summed E-state index contributed by atoms with van der Waals surface area (Å²) in [7, 11) is 0. The van der Waals surface area contributed by atoms with E-state index in [-0.39, 0.29) is 24.8 Å². The SMILES string of the molecule is Cl.Cl.O=C(C(=O)c1ccccc1)c1ccccc1. The number of rotatable bonds is 3. The molecule has 0 saturated carbocycles. The Balaban J connectivity index is 0.00000144. The Labute approximate surface area is 118 Å². The number of Topliss-reactive ketones (excluding diaryl/α,β-unsaturated/α-hetero) is 2. The van der Waals surface area contributed by atoms with Gasteiger partial charge in [-0.1, -0.05) is 60.7 Å². The molecule has 4 heteroatoms. The first kappa shape index (κ1) is 16.4. The largest absolute Gasteiger partial charge is 0.285 e. The maximum atomic E-state index is 11.8. The van der Waals surface area contributed by atoms with Crippen LogP contribution in [0.1, 0.15) is 20.7 Å². The predicted molar refractivity (Wildman–Crippen MR) is 76.0 cm³/mol. The molecule has 2 nitrogen and oxygen atoms in total. The summed E-state index contributed by atoms with van der Waals surface area (Å²) in [5.74, 6) is -0.932. The van der Waals surface area contributed by atoms with Gasteiger partial charge in [0.1, 0.15) is 0 Å². The van der Waals surface area contributed by atoms with E-state index in [1.165, 1.54) is 0 Å². The van der Waals surface area contributed by atoms with E-state index in [4.69, 9.17) is 0 Å². The summed E-state index contributed by atoms with van der Waals surface area (Å²) in [6, 6.07) is 17.2. The maximum absolute atomic E-state index is 11.8. The van der Waals surface area contributed by atoms with E-state index < -0.39 is 11.6 Å². The molecule has 0 spiro atoms.